The van der Waals surface area contributed by atoms with Crippen LogP contribution in [0.25, 0.3) is 0 Å². The van der Waals surface area contributed by atoms with Crippen molar-refractivity contribution >= 4 is 84.2 Å². The molecule has 2 aliphatic rings. The smallest absolute Gasteiger partial charge is 0.277 e. The number of hydrogen-bond acceptors (Lipinski definition) is 10. The molecule has 20 heteroatoms. The minimum Gasteiger partial charge on any atom is -0.478 e. The Morgan fingerprint density at radius 1 is 0.738 bits per heavy atom. The van der Waals surface area contributed by atoms with E-state index in [0.29, 0.717) is 5.56 Å². The number of aryl methyl sites for hydroxylation is 1. The molecule has 0 aromatic heterocycles. The van der Waals surface area contributed by atoms with E-state index in [1.807, 2.05) is 9.44 Å². The third kappa shape index (κ3) is 8.50. The Labute approximate surface area is 366 Å². The number of fused-ring (bicyclic) bond motifs is 2. The van der Waals surface area contributed by atoms with Gasteiger partial charge in [0.1, 0.15) is 22.7 Å². The van der Waals surface area contributed by atoms with Crippen molar-refractivity contribution in [1.82, 2.24) is 14.8 Å². The fourth-order valence-electron chi connectivity index (χ4n) is 8.03. The normalized spacial score (nSPS) is 18.8. The van der Waals surface area contributed by atoms with E-state index < -0.39 is 84.0 Å². The van der Waals surface area contributed by atoms with Crippen molar-refractivity contribution in [2.24, 2.45) is 0 Å². The van der Waals surface area contributed by atoms with Crippen LogP contribution in [0.2, 0.25) is 15.1 Å². The van der Waals surface area contributed by atoms with Crippen LogP contribution in [0.1, 0.15) is 68.0 Å². The van der Waals surface area contributed by atoms with Crippen LogP contribution in [0.4, 0.5) is 10.1 Å². The van der Waals surface area contributed by atoms with E-state index in [1.54, 1.807) is 13.0 Å². The van der Waals surface area contributed by atoms with Gasteiger partial charge in [-0.15, -0.1) is 0 Å². The lowest BCUT2D eigenvalue weighted by atomic mass is 9.47. The third-order valence-corrected chi connectivity index (χ3v) is 12.4. The molecule has 2 atom stereocenters. The number of sulfonamides is 2. The monoisotopic (exact) mass is 936 g/mol. The van der Waals surface area contributed by atoms with E-state index in [2.05, 4.69) is 10.6 Å². The first-order valence-corrected chi connectivity index (χ1v) is 23.2. The minimum absolute atomic E-state index is 0.0341. The fourth-order valence-corrected chi connectivity index (χ4v) is 9.71. The van der Waals surface area contributed by atoms with Crippen LogP contribution in [0.5, 0.6) is 11.5 Å². The SMILES string of the molecule is Cc1ccc(F)cc1[C@H]1NC(=O)CC(c2cc(Cl)ccc2OC(C)(C)C(=O)NS(C)(=O)=O)(c2cc(Cl)ccc2OC(C)(C)C(=O)NS(C)(=O)=O)[C@]12C(=O)Nc1cc(Cl)ccc12. The highest BCUT2D eigenvalue weighted by molar-refractivity contribution is 7.89. The topological polar surface area (TPSA) is 203 Å². The molecule has 2 heterocycles. The van der Waals surface area contributed by atoms with Gasteiger partial charge in [0.25, 0.3) is 11.8 Å². The van der Waals surface area contributed by atoms with Gasteiger partial charge >= 0.3 is 0 Å². The van der Waals surface area contributed by atoms with Crippen molar-refractivity contribution < 1.29 is 49.9 Å². The lowest BCUT2D eigenvalue weighted by Gasteiger charge is -2.56. The molecule has 4 aromatic carbocycles. The average molecular weight is 938 g/mol. The molecular formula is C41H40Cl3FN4O10S2. The molecule has 0 unspecified atom stereocenters. The molecule has 4 amide bonds. The van der Waals surface area contributed by atoms with E-state index in [1.165, 1.54) is 94.4 Å². The van der Waals surface area contributed by atoms with Crippen molar-refractivity contribution in [1.29, 1.82) is 0 Å². The van der Waals surface area contributed by atoms with Gasteiger partial charge in [0.15, 0.2) is 11.2 Å². The molecule has 4 N–H and O–H groups in total. The maximum atomic E-state index is 15.7. The molecule has 0 radical (unpaired) electrons. The van der Waals surface area contributed by atoms with Gasteiger partial charge in [-0.05, 0) is 112 Å². The van der Waals surface area contributed by atoms with Crippen LogP contribution in [0, 0.1) is 12.7 Å². The predicted octanol–water partition coefficient (Wildman–Crippen LogP) is 6.00. The lowest BCUT2D eigenvalue weighted by Crippen LogP contribution is -2.66. The van der Waals surface area contributed by atoms with Gasteiger partial charge in [-0.1, -0.05) is 46.9 Å². The Hall–Kier alpha value is -4.94. The van der Waals surface area contributed by atoms with Crippen molar-refractivity contribution in [3.8, 4) is 11.5 Å². The highest BCUT2D eigenvalue weighted by Gasteiger charge is 2.71. The van der Waals surface area contributed by atoms with Gasteiger partial charge < -0.3 is 20.1 Å². The number of halogens is 4. The van der Waals surface area contributed by atoms with Crippen LogP contribution < -0.4 is 29.6 Å². The third-order valence-electron chi connectivity index (χ3n) is 10.6. The molecule has 14 nitrogen and oxygen atoms in total. The van der Waals surface area contributed by atoms with Crippen molar-refractivity contribution in [3.05, 3.63) is 121 Å². The summed E-state index contributed by atoms with van der Waals surface area (Å²) in [5.74, 6) is -4.69. The molecule has 0 aliphatic carbocycles. The Kier molecular flexibility index (Phi) is 11.8. The molecule has 61 heavy (non-hydrogen) atoms. The van der Waals surface area contributed by atoms with Crippen molar-refractivity contribution in [2.45, 2.75) is 69.1 Å². The largest absolute Gasteiger partial charge is 0.478 e. The first-order chi connectivity index (χ1) is 28.1. The summed E-state index contributed by atoms with van der Waals surface area (Å²) in [6.45, 7) is 6.82. The summed E-state index contributed by atoms with van der Waals surface area (Å²) in [4.78, 5) is 57.5. The molecular weight excluding hydrogens is 898 g/mol. The summed E-state index contributed by atoms with van der Waals surface area (Å²) in [5.41, 5.74) is -7.34. The second-order valence-corrected chi connectivity index (χ2v) is 20.8. The predicted molar refractivity (Wildman–Crippen MR) is 227 cm³/mol. The summed E-state index contributed by atoms with van der Waals surface area (Å²) < 4.78 is 81.1. The lowest BCUT2D eigenvalue weighted by molar-refractivity contribution is -0.136. The molecule has 1 spiro atoms. The van der Waals surface area contributed by atoms with Gasteiger partial charge in [0, 0.05) is 38.3 Å². The molecule has 6 rings (SSSR count). The summed E-state index contributed by atoms with van der Waals surface area (Å²) in [6, 6.07) is 15.3. The van der Waals surface area contributed by atoms with E-state index >= 15 is 9.18 Å². The number of nitrogens with one attached hydrogen (secondary N) is 4. The first-order valence-electron chi connectivity index (χ1n) is 18.3. The van der Waals surface area contributed by atoms with Crippen LogP contribution in [0.15, 0.2) is 72.8 Å². The van der Waals surface area contributed by atoms with Crippen LogP contribution in [0.3, 0.4) is 0 Å². The number of carbonyl (C=O) groups is 4. The molecule has 0 bridgehead atoms. The number of hydrogen-bond donors (Lipinski definition) is 4. The molecule has 324 valence electrons. The van der Waals surface area contributed by atoms with E-state index in [4.69, 9.17) is 44.3 Å². The van der Waals surface area contributed by atoms with Gasteiger partial charge in [0.2, 0.25) is 31.9 Å². The maximum absolute atomic E-state index is 15.7. The Balaban J connectivity index is 1.83. The Morgan fingerprint density at radius 3 is 1.70 bits per heavy atom. The second kappa shape index (κ2) is 15.8. The zero-order chi connectivity index (χ0) is 45.2. The summed E-state index contributed by atoms with van der Waals surface area (Å²) in [7, 11) is -8.20. The molecule has 0 saturated carbocycles. The van der Waals surface area contributed by atoms with Crippen LogP contribution >= 0.6 is 34.8 Å². The van der Waals surface area contributed by atoms with Crippen LogP contribution in [-0.4, -0.2) is 64.2 Å². The second-order valence-electron chi connectivity index (χ2n) is 15.9. The number of benzene rings is 4. The molecule has 1 saturated heterocycles. The van der Waals surface area contributed by atoms with Gasteiger partial charge in [0.05, 0.1) is 24.0 Å². The van der Waals surface area contributed by atoms with E-state index in [9.17, 15) is 31.2 Å². The van der Waals surface area contributed by atoms with Gasteiger partial charge in [-0.2, -0.15) is 0 Å². The number of piperidine rings is 1. The highest BCUT2D eigenvalue weighted by atomic mass is 35.5. The van der Waals surface area contributed by atoms with Gasteiger partial charge in [-0.3, -0.25) is 19.2 Å². The number of amides is 4. The zero-order valence-electron chi connectivity index (χ0n) is 33.6. The first kappa shape index (κ1) is 45.6. The molecule has 4 aromatic rings. The quantitative estimate of drug-likeness (QED) is 0.138. The number of ether oxygens (including phenoxy) is 2. The van der Waals surface area contributed by atoms with Crippen molar-refractivity contribution in [2.75, 3.05) is 17.8 Å². The molecule has 1 fully saturated rings. The highest BCUT2D eigenvalue weighted by Crippen LogP contribution is 2.66. The zero-order valence-corrected chi connectivity index (χ0v) is 37.5. The van der Waals surface area contributed by atoms with E-state index in [-0.39, 0.29) is 54.5 Å². The maximum Gasteiger partial charge on any atom is 0.277 e. The van der Waals surface area contributed by atoms with E-state index in [0.717, 1.165) is 12.5 Å². The number of carbonyl (C=O) groups excluding carboxylic acids is 4. The van der Waals surface area contributed by atoms with Gasteiger partial charge in [-0.25, -0.2) is 30.7 Å². The molecule has 2 aliphatic heterocycles. The number of anilines is 1. The standard InChI is InChI=1S/C41H40Cl3FN4O10S2/c1-21-8-12-25(45)19-26(21)34-41(27-13-9-24(44)18-30(27)46-37(41)53)40(20-33(50)47-34,28-16-22(42)10-14-31(28)58-38(2,3)35(51)48-60(6,54)55)29-17-23(43)11-15-32(29)59-39(4,5)36(52)49-61(7,56)57/h8-19,34H,20H2,1-7H3,(H,46,53)(H,47,50)(H,48,51)(H,49,52)/t34-,41+/m1/s1. The Bertz CT molecular complexity index is 2660. The fraction of sp³-hybridized carbons (Fsp3) is 0.317. The summed E-state index contributed by atoms with van der Waals surface area (Å²) in [5, 5.41) is 6.16. The van der Waals surface area contributed by atoms with Crippen LogP contribution in [-0.2, 0) is 50.1 Å². The van der Waals surface area contributed by atoms with Crippen molar-refractivity contribution in [3.63, 3.8) is 0 Å². The summed E-state index contributed by atoms with van der Waals surface area (Å²) in [6.07, 6.45) is 0.902. The minimum atomic E-state index is -4.10. The Morgan fingerprint density at radius 2 is 1.21 bits per heavy atom. The number of rotatable bonds is 11. The summed E-state index contributed by atoms with van der Waals surface area (Å²) >= 11 is 20.2. The average Bonchev–Trinajstić information content (AvgIpc) is 3.41.